The molecule has 2 aromatic carbocycles. The standard InChI is InChI=1S/C25H25N5O2/c1-16-14-30(15-17(2)32-16)19-8-5-7-18(13-19)24-27-21-10-6-9-20(23(21)29-24)25(31)28-22-11-3-4-12-26-22/h3-13,16-17H,14-15H2,1-2H3,(H,27,29)(H,26,28,31)/t16-,17+. The van der Waals surface area contributed by atoms with Crippen LogP contribution in [0.25, 0.3) is 22.4 Å². The van der Waals surface area contributed by atoms with E-state index in [4.69, 9.17) is 9.72 Å². The summed E-state index contributed by atoms with van der Waals surface area (Å²) < 4.78 is 5.87. The number of para-hydroxylation sites is 1. The maximum absolute atomic E-state index is 12.9. The first-order chi connectivity index (χ1) is 15.6. The zero-order valence-corrected chi connectivity index (χ0v) is 18.1. The Hall–Kier alpha value is -3.71. The third-order valence-corrected chi connectivity index (χ3v) is 5.57. The Bertz CT molecular complexity index is 1240. The fraction of sp³-hybridized carbons (Fsp3) is 0.240. The molecule has 2 N–H and O–H groups in total. The molecule has 1 aliphatic heterocycles. The molecule has 0 saturated carbocycles. The van der Waals surface area contributed by atoms with E-state index < -0.39 is 0 Å². The molecular weight excluding hydrogens is 402 g/mol. The fourth-order valence-corrected chi connectivity index (χ4v) is 4.21. The molecule has 1 fully saturated rings. The summed E-state index contributed by atoms with van der Waals surface area (Å²) in [7, 11) is 0. The third kappa shape index (κ3) is 4.07. The van der Waals surface area contributed by atoms with Crippen LogP contribution >= 0.6 is 0 Å². The van der Waals surface area contributed by atoms with Crippen molar-refractivity contribution in [1.82, 2.24) is 15.0 Å². The summed E-state index contributed by atoms with van der Waals surface area (Å²) in [5.74, 6) is 0.999. The average molecular weight is 428 g/mol. The highest BCUT2D eigenvalue weighted by molar-refractivity contribution is 6.11. The molecule has 0 aliphatic carbocycles. The molecule has 2 aromatic heterocycles. The van der Waals surface area contributed by atoms with Crippen LogP contribution in [-0.4, -0.2) is 46.2 Å². The van der Waals surface area contributed by atoms with Crippen LogP contribution in [0.1, 0.15) is 24.2 Å². The van der Waals surface area contributed by atoms with E-state index in [1.54, 1.807) is 18.3 Å². The Kier molecular flexibility index (Phi) is 5.33. The smallest absolute Gasteiger partial charge is 0.259 e. The number of carbonyl (C=O) groups is 1. The molecular formula is C25H25N5O2. The molecule has 5 rings (SSSR count). The predicted octanol–water partition coefficient (Wildman–Crippen LogP) is 4.49. The van der Waals surface area contributed by atoms with Gasteiger partial charge in [-0.25, -0.2) is 9.97 Å². The van der Waals surface area contributed by atoms with Gasteiger partial charge in [-0.1, -0.05) is 24.3 Å². The van der Waals surface area contributed by atoms with Gasteiger partial charge in [0.1, 0.15) is 17.2 Å². The van der Waals surface area contributed by atoms with E-state index in [2.05, 4.69) is 46.2 Å². The second kappa shape index (κ2) is 8.43. The molecule has 32 heavy (non-hydrogen) atoms. The van der Waals surface area contributed by atoms with Gasteiger partial charge in [-0.3, -0.25) is 4.79 Å². The van der Waals surface area contributed by atoms with Crippen molar-refractivity contribution < 1.29 is 9.53 Å². The Labute approximate surface area is 186 Å². The number of aromatic nitrogens is 3. The summed E-state index contributed by atoms with van der Waals surface area (Å²) in [5, 5.41) is 2.84. The van der Waals surface area contributed by atoms with Crippen LogP contribution in [0.15, 0.2) is 66.9 Å². The van der Waals surface area contributed by atoms with Crippen LogP contribution < -0.4 is 10.2 Å². The lowest BCUT2D eigenvalue weighted by Crippen LogP contribution is -2.45. The van der Waals surface area contributed by atoms with Gasteiger partial charge in [0.05, 0.1) is 23.3 Å². The van der Waals surface area contributed by atoms with Crippen LogP contribution in [0.3, 0.4) is 0 Å². The van der Waals surface area contributed by atoms with Gasteiger partial charge in [0.2, 0.25) is 0 Å². The second-order valence-electron chi connectivity index (χ2n) is 8.17. The number of fused-ring (bicyclic) bond motifs is 1. The van der Waals surface area contributed by atoms with Crippen molar-refractivity contribution in [2.45, 2.75) is 26.1 Å². The minimum atomic E-state index is -0.239. The molecule has 3 heterocycles. The topological polar surface area (TPSA) is 83.1 Å². The molecule has 4 aromatic rings. The summed E-state index contributed by atoms with van der Waals surface area (Å²) in [6, 6.07) is 19.3. The number of ether oxygens (including phenoxy) is 1. The van der Waals surface area contributed by atoms with Crippen molar-refractivity contribution >= 4 is 28.4 Å². The Morgan fingerprint density at radius 2 is 1.88 bits per heavy atom. The molecule has 0 spiro atoms. The number of hydrogen-bond donors (Lipinski definition) is 2. The monoisotopic (exact) mass is 427 g/mol. The van der Waals surface area contributed by atoms with Crippen molar-refractivity contribution in [3.05, 3.63) is 72.4 Å². The van der Waals surface area contributed by atoms with Crippen molar-refractivity contribution in [2.24, 2.45) is 0 Å². The Morgan fingerprint density at radius 1 is 1.06 bits per heavy atom. The summed E-state index contributed by atoms with van der Waals surface area (Å²) >= 11 is 0. The van der Waals surface area contributed by atoms with Crippen molar-refractivity contribution in [2.75, 3.05) is 23.3 Å². The highest BCUT2D eigenvalue weighted by atomic mass is 16.5. The number of morpholine rings is 1. The van der Waals surface area contributed by atoms with E-state index >= 15 is 0 Å². The molecule has 0 unspecified atom stereocenters. The molecule has 1 amide bonds. The maximum atomic E-state index is 12.9. The number of nitrogens with zero attached hydrogens (tertiary/aromatic N) is 3. The molecule has 7 heteroatoms. The van der Waals surface area contributed by atoms with Gasteiger partial charge < -0.3 is 19.9 Å². The third-order valence-electron chi connectivity index (χ3n) is 5.57. The number of pyridine rings is 1. The van der Waals surface area contributed by atoms with Gasteiger partial charge >= 0.3 is 0 Å². The van der Waals surface area contributed by atoms with Crippen LogP contribution in [0.5, 0.6) is 0 Å². The van der Waals surface area contributed by atoms with E-state index in [0.717, 1.165) is 35.7 Å². The van der Waals surface area contributed by atoms with Crippen LogP contribution in [0, 0.1) is 0 Å². The van der Waals surface area contributed by atoms with Crippen molar-refractivity contribution in [3.8, 4) is 11.4 Å². The predicted molar refractivity (Wildman–Crippen MR) is 126 cm³/mol. The zero-order valence-electron chi connectivity index (χ0n) is 18.1. The molecule has 1 aliphatic rings. The first kappa shape index (κ1) is 20.2. The van der Waals surface area contributed by atoms with Gasteiger partial charge in [0.15, 0.2) is 0 Å². The first-order valence-corrected chi connectivity index (χ1v) is 10.8. The van der Waals surface area contributed by atoms with Gasteiger partial charge in [-0.05, 0) is 50.2 Å². The summed E-state index contributed by atoms with van der Waals surface area (Å²) in [5.41, 5.74) is 4.06. The fourth-order valence-electron chi connectivity index (χ4n) is 4.21. The van der Waals surface area contributed by atoms with Crippen LogP contribution in [-0.2, 0) is 4.74 Å². The van der Waals surface area contributed by atoms with Crippen molar-refractivity contribution in [3.63, 3.8) is 0 Å². The number of benzene rings is 2. The number of anilines is 2. The minimum absolute atomic E-state index is 0.189. The summed E-state index contributed by atoms with van der Waals surface area (Å²) in [6.45, 7) is 5.91. The summed E-state index contributed by atoms with van der Waals surface area (Å²) in [4.78, 5) is 27.5. The molecule has 2 atom stereocenters. The normalized spacial score (nSPS) is 18.6. The van der Waals surface area contributed by atoms with Gasteiger partial charge in [-0.15, -0.1) is 0 Å². The molecule has 0 radical (unpaired) electrons. The van der Waals surface area contributed by atoms with Crippen LogP contribution in [0.2, 0.25) is 0 Å². The lowest BCUT2D eigenvalue weighted by Gasteiger charge is -2.37. The van der Waals surface area contributed by atoms with Crippen molar-refractivity contribution in [1.29, 1.82) is 0 Å². The van der Waals surface area contributed by atoms with Gasteiger partial charge in [0, 0.05) is 30.5 Å². The number of nitrogens with one attached hydrogen (secondary N) is 2. The quantitative estimate of drug-likeness (QED) is 0.501. The van der Waals surface area contributed by atoms with Crippen LogP contribution in [0.4, 0.5) is 11.5 Å². The van der Waals surface area contributed by atoms with E-state index in [1.807, 2.05) is 36.4 Å². The average Bonchev–Trinajstić information content (AvgIpc) is 3.24. The SMILES string of the molecule is C[C@@H]1CN(c2cccc(-c3nc4c(C(=O)Nc5ccccn5)cccc4[nH]3)c2)C[C@H](C)O1. The highest BCUT2D eigenvalue weighted by Gasteiger charge is 2.23. The number of rotatable bonds is 4. The number of imidazole rings is 1. The number of aromatic amines is 1. The summed E-state index contributed by atoms with van der Waals surface area (Å²) in [6.07, 6.45) is 2.02. The number of carbonyl (C=O) groups excluding carboxylic acids is 1. The second-order valence-corrected chi connectivity index (χ2v) is 8.17. The van der Waals surface area contributed by atoms with E-state index in [0.29, 0.717) is 16.9 Å². The first-order valence-electron chi connectivity index (χ1n) is 10.8. The Balaban J connectivity index is 1.46. The molecule has 1 saturated heterocycles. The lowest BCUT2D eigenvalue weighted by atomic mass is 10.1. The minimum Gasteiger partial charge on any atom is -0.372 e. The number of hydrogen-bond acceptors (Lipinski definition) is 5. The van der Waals surface area contributed by atoms with E-state index in [1.165, 1.54) is 0 Å². The Morgan fingerprint density at radius 3 is 2.66 bits per heavy atom. The van der Waals surface area contributed by atoms with Gasteiger partial charge in [-0.2, -0.15) is 0 Å². The number of amides is 1. The lowest BCUT2D eigenvalue weighted by molar-refractivity contribution is -0.00521. The number of H-pyrrole nitrogens is 1. The largest absolute Gasteiger partial charge is 0.372 e. The maximum Gasteiger partial charge on any atom is 0.259 e. The highest BCUT2D eigenvalue weighted by Crippen LogP contribution is 2.28. The van der Waals surface area contributed by atoms with Gasteiger partial charge in [0.25, 0.3) is 5.91 Å². The van der Waals surface area contributed by atoms with E-state index in [9.17, 15) is 4.79 Å². The van der Waals surface area contributed by atoms with E-state index in [-0.39, 0.29) is 18.1 Å². The molecule has 7 nitrogen and oxygen atoms in total. The zero-order chi connectivity index (χ0) is 22.1. The molecule has 0 bridgehead atoms. The molecule has 162 valence electrons.